The Bertz CT molecular complexity index is 776. The van der Waals surface area contributed by atoms with Crippen LogP contribution < -0.4 is 0 Å². The third-order valence-corrected chi connectivity index (χ3v) is 5.34. The molecule has 6 heteroatoms. The maximum Gasteiger partial charge on any atom is 0.352 e. The van der Waals surface area contributed by atoms with E-state index in [9.17, 15) is 9.59 Å². The molecule has 0 saturated carbocycles. The monoisotopic (exact) mass is 400 g/mol. The van der Waals surface area contributed by atoms with Gasteiger partial charge in [0.25, 0.3) is 0 Å². The molecular weight excluding hydrogens is 372 g/mol. The molecule has 0 amide bonds. The zero-order chi connectivity index (χ0) is 20.9. The molecule has 156 valence electrons. The Morgan fingerprint density at radius 1 is 1.21 bits per heavy atom. The van der Waals surface area contributed by atoms with Crippen LogP contribution in [-0.2, 0) is 28.5 Å². The van der Waals surface area contributed by atoms with Crippen molar-refractivity contribution in [3.63, 3.8) is 0 Å². The minimum absolute atomic E-state index is 0.484. The first-order chi connectivity index (χ1) is 13.9. The quantitative estimate of drug-likeness (QED) is 0.508. The molecule has 0 N–H and O–H groups in total. The molecule has 29 heavy (non-hydrogen) atoms. The molecule has 1 aromatic carbocycles. The number of rotatable bonds is 7. The second kappa shape index (κ2) is 9.37. The Balaban J connectivity index is 1.67. The van der Waals surface area contributed by atoms with Crippen LogP contribution >= 0.6 is 0 Å². The van der Waals surface area contributed by atoms with Crippen LogP contribution in [0.5, 0.6) is 0 Å². The van der Waals surface area contributed by atoms with Gasteiger partial charge >= 0.3 is 11.9 Å². The van der Waals surface area contributed by atoms with Crippen LogP contribution in [-0.4, -0.2) is 37.0 Å². The fraction of sp³-hybridized carbons (Fsp3) is 0.478. The van der Waals surface area contributed by atoms with E-state index >= 15 is 0 Å². The van der Waals surface area contributed by atoms with Gasteiger partial charge in [-0.1, -0.05) is 54.1 Å². The second-order valence-electron chi connectivity index (χ2n) is 7.48. The molecule has 1 spiro atoms. The molecule has 2 aliphatic rings. The van der Waals surface area contributed by atoms with Crippen LogP contribution in [0.1, 0.15) is 51.2 Å². The van der Waals surface area contributed by atoms with E-state index in [2.05, 4.69) is 13.5 Å². The number of carbonyl (C=O) groups is 2. The van der Waals surface area contributed by atoms with Gasteiger partial charge < -0.3 is 18.9 Å². The van der Waals surface area contributed by atoms with Crippen molar-refractivity contribution in [1.29, 1.82) is 0 Å². The van der Waals surface area contributed by atoms with Gasteiger partial charge in [-0.3, -0.25) is 4.79 Å². The molecule has 0 bridgehead atoms. The van der Waals surface area contributed by atoms with Crippen molar-refractivity contribution >= 4 is 11.9 Å². The lowest BCUT2D eigenvalue weighted by atomic mass is 9.85. The number of ether oxygens (including phenoxy) is 4. The molecule has 0 aromatic heterocycles. The molecule has 0 radical (unpaired) electrons. The summed E-state index contributed by atoms with van der Waals surface area (Å²) >= 11 is 0. The fourth-order valence-corrected chi connectivity index (χ4v) is 3.86. The molecule has 0 unspecified atom stereocenters. The topological polar surface area (TPSA) is 71.1 Å². The van der Waals surface area contributed by atoms with Crippen molar-refractivity contribution < 1.29 is 28.5 Å². The maximum atomic E-state index is 12.8. The maximum absolute atomic E-state index is 12.8. The molecule has 2 atom stereocenters. The summed E-state index contributed by atoms with van der Waals surface area (Å²) in [6, 6.07) is 8.85. The highest BCUT2D eigenvalue weighted by molar-refractivity contribution is 5.80. The van der Waals surface area contributed by atoms with Gasteiger partial charge in [0, 0.05) is 31.7 Å². The highest BCUT2D eigenvalue weighted by atomic mass is 16.7. The van der Waals surface area contributed by atoms with Gasteiger partial charge in [0.15, 0.2) is 5.79 Å². The van der Waals surface area contributed by atoms with Crippen molar-refractivity contribution in [2.75, 3.05) is 13.2 Å². The van der Waals surface area contributed by atoms with Gasteiger partial charge in [0.2, 0.25) is 6.10 Å². The average Bonchev–Trinajstić information content (AvgIpc) is 3.15. The van der Waals surface area contributed by atoms with Crippen LogP contribution in [0.2, 0.25) is 0 Å². The van der Waals surface area contributed by atoms with Crippen molar-refractivity contribution in [1.82, 2.24) is 0 Å². The first-order valence-electron chi connectivity index (χ1n) is 9.93. The molecular formula is C23H28O6. The van der Waals surface area contributed by atoms with E-state index in [1.165, 1.54) is 18.1 Å². The van der Waals surface area contributed by atoms with Gasteiger partial charge in [-0.15, -0.1) is 0 Å². The standard InChI is InChI=1S/C23H28O6/c1-4-20(14-19-10-11-23(15-16(19)2)26-12-13-27-23)29-22(25)21(28-17(3)24)18-8-6-5-7-9-18/h4-9,20-21H,1,10-15H2,2-3H3/t20-,21+/m1/s1. The Hall–Kier alpha value is -2.44. The molecule has 1 aliphatic heterocycles. The first kappa shape index (κ1) is 21.3. The van der Waals surface area contributed by atoms with Gasteiger partial charge in [0.05, 0.1) is 13.2 Å². The highest BCUT2D eigenvalue weighted by Gasteiger charge is 2.40. The normalized spacial score (nSPS) is 20.2. The molecule has 1 aliphatic carbocycles. The summed E-state index contributed by atoms with van der Waals surface area (Å²) in [5, 5.41) is 0. The Kier molecular flexibility index (Phi) is 6.87. The Morgan fingerprint density at radius 2 is 1.90 bits per heavy atom. The average molecular weight is 400 g/mol. The number of benzene rings is 1. The van der Waals surface area contributed by atoms with Crippen LogP contribution in [0.3, 0.4) is 0 Å². The molecule has 1 heterocycles. The van der Waals surface area contributed by atoms with Crippen LogP contribution in [0.15, 0.2) is 54.1 Å². The minimum Gasteiger partial charge on any atom is -0.455 e. The Labute approximate surface area is 171 Å². The summed E-state index contributed by atoms with van der Waals surface area (Å²) in [6.45, 7) is 8.41. The molecule has 3 rings (SSSR count). The summed E-state index contributed by atoms with van der Waals surface area (Å²) in [4.78, 5) is 24.3. The van der Waals surface area contributed by atoms with Gasteiger partial charge in [-0.25, -0.2) is 4.79 Å². The zero-order valence-electron chi connectivity index (χ0n) is 17.0. The predicted octanol–water partition coefficient (Wildman–Crippen LogP) is 4.02. The van der Waals surface area contributed by atoms with Gasteiger partial charge in [-0.2, -0.15) is 0 Å². The van der Waals surface area contributed by atoms with Crippen molar-refractivity contribution in [3.8, 4) is 0 Å². The van der Waals surface area contributed by atoms with Gasteiger partial charge in [0.1, 0.15) is 6.10 Å². The largest absolute Gasteiger partial charge is 0.455 e. The second-order valence-corrected chi connectivity index (χ2v) is 7.48. The summed E-state index contributed by atoms with van der Waals surface area (Å²) in [6.07, 6.45) is 2.90. The number of hydrogen-bond acceptors (Lipinski definition) is 6. The van der Waals surface area contributed by atoms with Crippen molar-refractivity contribution in [3.05, 3.63) is 59.7 Å². The molecule has 1 saturated heterocycles. The number of hydrogen-bond donors (Lipinski definition) is 0. The lowest BCUT2D eigenvalue weighted by Gasteiger charge is -2.34. The number of carbonyl (C=O) groups excluding carboxylic acids is 2. The lowest BCUT2D eigenvalue weighted by Crippen LogP contribution is -2.34. The molecule has 6 nitrogen and oxygen atoms in total. The van der Waals surface area contributed by atoms with Gasteiger partial charge in [-0.05, 0) is 13.3 Å². The van der Waals surface area contributed by atoms with Crippen molar-refractivity contribution in [2.45, 2.75) is 57.5 Å². The SMILES string of the molecule is C=C[C@H](CC1=C(C)CC2(CC1)OCCO2)OC(=O)[C@@H](OC(C)=O)c1ccccc1. The highest BCUT2D eigenvalue weighted by Crippen LogP contribution is 2.40. The van der Waals surface area contributed by atoms with E-state index < -0.39 is 29.9 Å². The third kappa shape index (κ3) is 5.34. The molecule has 1 aromatic rings. The van der Waals surface area contributed by atoms with E-state index in [-0.39, 0.29) is 0 Å². The van der Waals surface area contributed by atoms with E-state index in [0.717, 1.165) is 19.3 Å². The van der Waals surface area contributed by atoms with Crippen LogP contribution in [0.25, 0.3) is 0 Å². The van der Waals surface area contributed by atoms with E-state index in [4.69, 9.17) is 18.9 Å². The van der Waals surface area contributed by atoms with Crippen molar-refractivity contribution in [2.24, 2.45) is 0 Å². The van der Waals surface area contributed by atoms with Crippen LogP contribution in [0.4, 0.5) is 0 Å². The van der Waals surface area contributed by atoms with E-state index in [1.807, 2.05) is 6.07 Å². The summed E-state index contributed by atoms with van der Waals surface area (Å²) in [5.74, 6) is -1.63. The summed E-state index contributed by atoms with van der Waals surface area (Å²) in [7, 11) is 0. The zero-order valence-corrected chi connectivity index (χ0v) is 17.0. The summed E-state index contributed by atoms with van der Waals surface area (Å²) < 4.78 is 22.5. The fourth-order valence-electron chi connectivity index (χ4n) is 3.86. The lowest BCUT2D eigenvalue weighted by molar-refractivity contribution is -0.170. The first-order valence-corrected chi connectivity index (χ1v) is 9.93. The summed E-state index contributed by atoms with van der Waals surface area (Å²) in [5.41, 5.74) is 2.98. The number of esters is 2. The Morgan fingerprint density at radius 3 is 2.48 bits per heavy atom. The van der Waals surface area contributed by atoms with Crippen LogP contribution in [0, 0.1) is 0 Å². The molecule has 1 fully saturated rings. The smallest absolute Gasteiger partial charge is 0.352 e. The minimum atomic E-state index is -1.10. The van der Waals surface area contributed by atoms with E-state index in [1.54, 1.807) is 30.3 Å². The predicted molar refractivity (Wildman–Crippen MR) is 107 cm³/mol. The third-order valence-electron chi connectivity index (χ3n) is 5.34. The van der Waals surface area contributed by atoms with E-state index in [0.29, 0.717) is 25.2 Å².